The molecule has 0 aliphatic rings. The first-order chi connectivity index (χ1) is 11.4. The number of nitro groups is 2. The Morgan fingerprint density at radius 3 is 2.33 bits per heavy atom. The summed E-state index contributed by atoms with van der Waals surface area (Å²) in [5.74, 6) is -1.11. The molecule has 0 saturated carbocycles. The normalized spacial score (nSPS) is 11.7. The minimum atomic E-state index is -0.777. The summed E-state index contributed by atoms with van der Waals surface area (Å²) < 4.78 is 0. The van der Waals surface area contributed by atoms with Crippen molar-refractivity contribution in [2.45, 2.75) is 12.3 Å². The Morgan fingerprint density at radius 1 is 1.08 bits per heavy atom. The van der Waals surface area contributed by atoms with Gasteiger partial charge in [0.25, 0.3) is 5.69 Å². The van der Waals surface area contributed by atoms with Crippen molar-refractivity contribution in [3.05, 3.63) is 79.9 Å². The van der Waals surface area contributed by atoms with Gasteiger partial charge >= 0.3 is 0 Å². The van der Waals surface area contributed by atoms with Gasteiger partial charge in [-0.05, 0) is 29.8 Å². The third-order valence-corrected chi connectivity index (χ3v) is 3.54. The first kappa shape index (κ1) is 17.1. The summed E-state index contributed by atoms with van der Waals surface area (Å²) in [4.78, 5) is 32.9. The zero-order valence-electron chi connectivity index (χ0n) is 12.5. The summed E-state index contributed by atoms with van der Waals surface area (Å²) in [6.07, 6.45) is -0.160. The van der Waals surface area contributed by atoms with Gasteiger partial charge in [0, 0.05) is 29.0 Å². The van der Waals surface area contributed by atoms with Gasteiger partial charge in [-0.25, -0.2) is 0 Å². The number of carbonyl (C=O) groups is 1. The van der Waals surface area contributed by atoms with E-state index in [1.165, 1.54) is 48.5 Å². The lowest BCUT2D eigenvalue weighted by Gasteiger charge is -2.12. The van der Waals surface area contributed by atoms with E-state index in [9.17, 15) is 30.1 Å². The van der Waals surface area contributed by atoms with E-state index in [1.54, 1.807) is 0 Å². The Balaban J connectivity index is 2.26. The van der Waals surface area contributed by atoms with Crippen molar-refractivity contribution in [1.29, 1.82) is 0 Å². The maximum Gasteiger partial charge on any atom is 0.269 e. The third-order valence-electron chi connectivity index (χ3n) is 3.54. The first-order valence-corrected chi connectivity index (χ1v) is 7.05. The quantitative estimate of drug-likeness (QED) is 0.473. The minimum Gasteiger partial charge on any atom is -0.508 e. The molecule has 0 aliphatic carbocycles. The van der Waals surface area contributed by atoms with Crippen molar-refractivity contribution in [3.63, 3.8) is 0 Å². The Hall–Kier alpha value is -3.29. The number of nitrogens with zero attached hydrogens (tertiary/aromatic N) is 2. The van der Waals surface area contributed by atoms with E-state index in [0.717, 1.165) is 0 Å². The van der Waals surface area contributed by atoms with E-state index >= 15 is 0 Å². The van der Waals surface area contributed by atoms with Crippen LogP contribution in [-0.2, 0) is 0 Å². The molecular formula is C16H14N2O6. The predicted octanol–water partition coefficient (Wildman–Crippen LogP) is 2.93. The van der Waals surface area contributed by atoms with Crippen LogP contribution in [-0.4, -0.2) is 27.3 Å². The molecule has 8 nitrogen and oxygen atoms in total. The number of carbonyl (C=O) groups excluding carboxylic acids is 1. The number of hydrogen-bond acceptors (Lipinski definition) is 6. The average Bonchev–Trinajstić information content (AvgIpc) is 2.54. The molecule has 124 valence electrons. The molecule has 24 heavy (non-hydrogen) atoms. The lowest BCUT2D eigenvalue weighted by Crippen LogP contribution is -2.17. The van der Waals surface area contributed by atoms with Crippen molar-refractivity contribution in [2.24, 2.45) is 0 Å². The fourth-order valence-electron chi connectivity index (χ4n) is 2.35. The van der Waals surface area contributed by atoms with E-state index in [1.807, 2.05) is 0 Å². The molecule has 0 amide bonds. The molecule has 0 saturated heterocycles. The number of ketones is 1. The van der Waals surface area contributed by atoms with Crippen molar-refractivity contribution < 1.29 is 19.7 Å². The molecule has 2 aromatic rings. The summed E-state index contributed by atoms with van der Waals surface area (Å²) in [5, 5.41) is 31.0. The predicted molar refractivity (Wildman–Crippen MR) is 84.8 cm³/mol. The molecule has 0 heterocycles. The van der Waals surface area contributed by atoms with Gasteiger partial charge in [-0.2, -0.15) is 0 Å². The average molecular weight is 330 g/mol. The molecule has 0 fully saturated rings. The van der Waals surface area contributed by atoms with Crippen LogP contribution in [0.1, 0.15) is 28.3 Å². The van der Waals surface area contributed by atoms with Crippen molar-refractivity contribution in [1.82, 2.24) is 0 Å². The van der Waals surface area contributed by atoms with Crippen LogP contribution in [0.25, 0.3) is 0 Å². The standard InChI is InChI=1S/C16H14N2O6/c19-15-6-4-11(5-7-15)16(20)9-13(10-17(21)22)12-2-1-3-14(8-12)18(23)24/h1-8,13,19H,9-10H2. The van der Waals surface area contributed by atoms with Crippen LogP contribution in [0.5, 0.6) is 5.75 Å². The van der Waals surface area contributed by atoms with Crippen LogP contribution in [0, 0.1) is 20.2 Å². The van der Waals surface area contributed by atoms with Gasteiger partial charge in [0.15, 0.2) is 5.78 Å². The van der Waals surface area contributed by atoms with Gasteiger partial charge < -0.3 is 5.11 Å². The second-order valence-corrected chi connectivity index (χ2v) is 5.24. The second-order valence-electron chi connectivity index (χ2n) is 5.24. The molecule has 1 atom stereocenters. The SMILES string of the molecule is O=C(CC(C[N+](=O)[O-])c1cccc([N+](=O)[O-])c1)c1ccc(O)cc1. The summed E-state index contributed by atoms with van der Waals surface area (Å²) >= 11 is 0. The van der Waals surface area contributed by atoms with Crippen LogP contribution in [0.4, 0.5) is 5.69 Å². The van der Waals surface area contributed by atoms with Crippen LogP contribution >= 0.6 is 0 Å². The molecule has 1 N–H and O–H groups in total. The number of benzene rings is 2. The van der Waals surface area contributed by atoms with E-state index in [4.69, 9.17) is 0 Å². The van der Waals surface area contributed by atoms with Gasteiger partial charge in [-0.15, -0.1) is 0 Å². The molecule has 2 rings (SSSR count). The van der Waals surface area contributed by atoms with Crippen LogP contribution in [0.15, 0.2) is 48.5 Å². The Bertz CT molecular complexity index is 772. The minimum absolute atomic E-state index is 0.00655. The number of nitro benzene ring substituents is 1. The Morgan fingerprint density at radius 2 is 1.75 bits per heavy atom. The lowest BCUT2D eigenvalue weighted by molar-refractivity contribution is -0.483. The number of non-ortho nitro benzene ring substituents is 1. The van der Waals surface area contributed by atoms with Crippen molar-refractivity contribution in [2.75, 3.05) is 6.54 Å². The molecule has 0 spiro atoms. The van der Waals surface area contributed by atoms with E-state index in [-0.39, 0.29) is 23.6 Å². The summed E-state index contributed by atoms with van der Waals surface area (Å²) in [7, 11) is 0. The van der Waals surface area contributed by atoms with E-state index in [0.29, 0.717) is 11.1 Å². The van der Waals surface area contributed by atoms with Crippen LogP contribution in [0.2, 0.25) is 0 Å². The highest BCUT2D eigenvalue weighted by atomic mass is 16.6. The maximum atomic E-state index is 12.3. The zero-order chi connectivity index (χ0) is 17.7. The number of phenolic OH excluding ortho intramolecular Hbond substituents is 1. The number of Topliss-reactive ketones (excluding diaryl/α,β-unsaturated/α-hetero) is 1. The molecule has 1 unspecified atom stereocenters. The molecule has 0 aromatic heterocycles. The van der Waals surface area contributed by atoms with Gasteiger partial charge in [0.05, 0.1) is 10.8 Å². The fourth-order valence-corrected chi connectivity index (χ4v) is 2.35. The molecule has 0 aliphatic heterocycles. The second kappa shape index (κ2) is 7.32. The Labute approximate surface area is 136 Å². The van der Waals surface area contributed by atoms with E-state index in [2.05, 4.69) is 0 Å². The smallest absolute Gasteiger partial charge is 0.269 e. The fraction of sp³-hybridized carbons (Fsp3) is 0.188. The molecule has 0 bridgehead atoms. The van der Waals surface area contributed by atoms with Gasteiger partial charge in [0.1, 0.15) is 5.75 Å². The zero-order valence-corrected chi connectivity index (χ0v) is 12.5. The van der Waals surface area contributed by atoms with Crippen molar-refractivity contribution >= 4 is 11.5 Å². The van der Waals surface area contributed by atoms with Crippen molar-refractivity contribution in [3.8, 4) is 5.75 Å². The highest BCUT2D eigenvalue weighted by Gasteiger charge is 2.23. The molecular weight excluding hydrogens is 316 g/mol. The van der Waals surface area contributed by atoms with E-state index < -0.39 is 22.3 Å². The summed E-state index contributed by atoms with van der Waals surface area (Å²) in [5.41, 5.74) is 0.498. The number of phenols is 1. The number of hydrogen-bond donors (Lipinski definition) is 1. The van der Waals surface area contributed by atoms with Gasteiger partial charge in [-0.3, -0.25) is 25.0 Å². The highest BCUT2D eigenvalue weighted by molar-refractivity contribution is 5.96. The van der Waals surface area contributed by atoms with Gasteiger partial charge in [-0.1, -0.05) is 12.1 Å². The topological polar surface area (TPSA) is 124 Å². The van der Waals surface area contributed by atoms with Crippen LogP contribution < -0.4 is 0 Å². The third kappa shape index (κ3) is 4.35. The first-order valence-electron chi connectivity index (χ1n) is 7.05. The lowest BCUT2D eigenvalue weighted by atomic mass is 9.91. The van der Waals surface area contributed by atoms with Crippen LogP contribution in [0.3, 0.4) is 0 Å². The Kier molecular flexibility index (Phi) is 5.20. The van der Waals surface area contributed by atoms with Gasteiger partial charge in [0.2, 0.25) is 6.54 Å². The molecule has 2 aromatic carbocycles. The number of aromatic hydroxyl groups is 1. The largest absolute Gasteiger partial charge is 0.508 e. The maximum absolute atomic E-state index is 12.3. The summed E-state index contributed by atoms with van der Waals surface area (Å²) in [6.45, 7) is -0.509. The monoisotopic (exact) mass is 330 g/mol. The molecule has 8 heteroatoms. The summed E-state index contributed by atoms with van der Waals surface area (Å²) in [6, 6.07) is 11.1. The number of rotatable bonds is 7. The highest BCUT2D eigenvalue weighted by Crippen LogP contribution is 2.26. The molecule has 0 radical (unpaired) electrons.